The fourth-order valence-corrected chi connectivity index (χ4v) is 1.55. The SMILES string of the molecule is COC(=O)C(CCO)COc1cccc(C(F)(F)F)c1. The topological polar surface area (TPSA) is 55.8 Å². The third kappa shape index (κ3) is 4.73. The van der Waals surface area contributed by atoms with Gasteiger partial charge in [0.25, 0.3) is 0 Å². The number of hydrogen-bond acceptors (Lipinski definition) is 4. The largest absolute Gasteiger partial charge is 0.493 e. The maximum atomic E-state index is 12.5. The summed E-state index contributed by atoms with van der Waals surface area (Å²) >= 11 is 0. The molecule has 1 N–H and O–H groups in total. The first-order valence-corrected chi connectivity index (χ1v) is 5.87. The molecule has 1 atom stereocenters. The zero-order valence-electron chi connectivity index (χ0n) is 10.8. The summed E-state index contributed by atoms with van der Waals surface area (Å²) in [6.07, 6.45) is -4.34. The van der Waals surface area contributed by atoms with Gasteiger partial charge in [0.1, 0.15) is 12.4 Å². The first kappa shape index (κ1) is 16.3. The smallest absolute Gasteiger partial charge is 0.416 e. The molecule has 1 aromatic carbocycles. The number of carbonyl (C=O) groups is 1. The van der Waals surface area contributed by atoms with Crippen LogP contribution in [-0.4, -0.2) is 31.4 Å². The van der Waals surface area contributed by atoms with Crippen molar-refractivity contribution < 1.29 is 32.5 Å². The molecule has 7 heteroatoms. The number of alkyl halides is 3. The summed E-state index contributed by atoms with van der Waals surface area (Å²) in [5, 5.41) is 8.82. The number of carbonyl (C=O) groups excluding carboxylic acids is 1. The van der Waals surface area contributed by atoms with Crippen molar-refractivity contribution >= 4 is 5.97 Å². The lowest BCUT2D eigenvalue weighted by molar-refractivity contribution is -0.147. The standard InChI is InChI=1S/C13H15F3O4/c1-19-12(18)9(5-6-17)8-20-11-4-2-3-10(7-11)13(14,15)16/h2-4,7,9,17H,5-6,8H2,1H3. The average molecular weight is 292 g/mol. The molecular weight excluding hydrogens is 277 g/mol. The Morgan fingerprint density at radius 2 is 2.10 bits per heavy atom. The first-order chi connectivity index (χ1) is 9.38. The van der Waals surface area contributed by atoms with Gasteiger partial charge in [-0.05, 0) is 24.6 Å². The van der Waals surface area contributed by atoms with Crippen LogP contribution in [0.15, 0.2) is 24.3 Å². The number of halogens is 3. The number of aliphatic hydroxyl groups is 1. The monoisotopic (exact) mass is 292 g/mol. The lowest BCUT2D eigenvalue weighted by Gasteiger charge is -2.15. The molecule has 0 aliphatic rings. The van der Waals surface area contributed by atoms with Gasteiger partial charge in [-0.1, -0.05) is 6.07 Å². The number of esters is 1. The van der Waals surface area contributed by atoms with Crippen LogP contribution in [0.2, 0.25) is 0 Å². The molecule has 0 fully saturated rings. The van der Waals surface area contributed by atoms with E-state index in [1.54, 1.807) is 0 Å². The molecule has 20 heavy (non-hydrogen) atoms. The van der Waals surface area contributed by atoms with E-state index in [9.17, 15) is 18.0 Å². The van der Waals surface area contributed by atoms with Crippen molar-refractivity contribution in [3.63, 3.8) is 0 Å². The normalized spacial score (nSPS) is 12.8. The molecule has 0 saturated carbocycles. The van der Waals surface area contributed by atoms with Gasteiger partial charge < -0.3 is 14.6 Å². The van der Waals surface area contributed by atoms with Gasteiger partial charge in [0.15, 0.2) is 0 Å². The molecule has 0 aliphatic carbocycles. The predicted octanol–water partition coefficient (Wildman–Crippen LogP) is 2.26. The van der Waals surface area contributed by atoms with Gasteiger partial charge in [-0.3, -0.25) is 4.79 Å². The second-order valence-corrected chi connectivity index (χ2v) is 4.07. The van der Waals surface area contributed by atoms with Gasteiger partial charge in [-0.15, -0.1) is 0 Å². The molecule has 4 nitrogen and oxygen atoms in total. The van der Waals surface area contributed by atoms with Gasteiger partial charge in [0.05, 0.1) is 18.6 Å². The van der Waals surface area contributed by atoms with E-state index in [2.05, 4.69) is 4.74 Å². The molecule has 112 valence electrons. The molecule has 1 unspecified atom stereocenters. The third-order valence-electron chi connectivity index (χ3n) is 2.62. The van der Waals surface area contributed by atoms with Crippen LogP contribution >= 0.6 is 0 Å². The Labute approximate surface area is 114 Å². The molecule has 0 spiro atoms. The lowest BCUT2D eigenvalue weighted by atomic mass is 10.1. The van der Waals surface area contributed by atoms with Gasteiger partial charge in [-0.25, -0.2) is 0 Å². The van der Waals surface area contributed by atoms with Crippen molar-refractivity contribution in [1.82, 2.24) is 0 Å². The van der Waals surface area contributed by atoms with Gasteiger partial charge >= 0.3 is 12.1 Å². The van der Waals surface area contributed by atoms with E-state index < -0.39 is 23.6 Å². The summed E-state index contributed by atoms with van der Waals surface area (Å²) in [6.45, 7) is -0.403. The number of rotatable bonds is 6. The molecule has 0 aliphatic heterocycles. The van der Waals surface area contributed by atoms with Crippen molar-refractivity contribution in [3.8, 4) is 5.75 Å². The van der Waals surface area contributed by atoms with Crippen molar-refractivity contribution in [1.29, 1.82) is 0 Å². The summed E-state index contributed by atoms with van der Waals surface area (Å²) in [5.41, 5.74) is -0.827. The van der Waals surface area contributed by atoms with E-state index in [4.69, 9.17) is 9.84 Å². The summed E-state index contributed by atoms with van der Waals surface area (Å²) in [4.78, 5) is 11.4. The van der Waals surface area contributed by atoms with E-state index >= 15 is 0 Å². The van der Waals surface area contributed by atoms with Crippen molar-refractivity contribution in [2.45, 2.75) is 12.6 Å². The molecule has 0 aromatic heterocycles. The number of ether oxygens (including phenoxy) is 2. The second kappa shape index (κ2) is 7.14. The van der Waals surface area contributed by atoms with E-state index in [-0.39, 0.29) is 25.4 Å². The third-order valence-corrected chi connectivity index (χ3v) is 2.62. The molecule has 0 radical (unpaired) electrons. The van der Waals surface area contributed by atoms with Crippen LogP contribution in [0.3, 0.4) is 0 Å². The van der Waals surface area contributed by atoms with Crippen LogP contribution in [0.5, 0.6) is 5.75 Å². The van der Waals surface area contributed by atoms with Crippen LogP contribution < -0.4 is 4.74 Å². The Hall–Kier alpha value is -1.76. The van der Waals surface area contributed by atoms with Crippen LogP contribution in [0.1, 0.15) is 12.0 Å². The summed E-state index contributed by atoms with van der Waals surface area (Å²) in [5.74, 6) is -1.29. The van der Waals surface area contributed by atoms with Crippen LogP contribution in [-0.2, 0) is 15.7 Å². The van der Waals surface area contributed by atoms with E-state index in [1.165, 1.54) is 19.2 Å². The zero-order chi connectivity index (χ0) is 15.2. The second-order valence-electron chi connectivity index (χ2n) is 4.07. The summed E-state index contributed by atoms with van der Waals surface area (Å²) in [6, 6.07) is 4.37. The Kier molecular flexibility index (Phi) is 5.82. The zero-order valence-corrected chi connectivity index (χ0v) is 10.8. The maximum absolute atomic E-state index is 12.5. The minimum Gasteiger partial charge on any atom is -0.493 e. The molecular formula is C13H15F3O4. The minimum atomic E-state index is -4.45. The van der Waals surface area contributed by atoms with Crippen LogP contribution in [0.4, 0.5) is 13.2 Å². The van der Waals surface area contributed by atoms with E-state index in [1.807, 2.05) is 0 Å². The van der Waals surface area contributed by atoms with Crippen molar-refractivity contribution in [3.05, 3.63) is 29.8 Å². The predicted molar refractivity (Wildman–Crippen MR) is 64.1 cm³/mol. The number of aliphatic hydroxyl groups excluding tert-OH is 1. The highest BCUT2D eigenvalue weighted by Gasteiger charge is 2.30. The summed E-state index contributed by atoms with van der Waals surface area (Å²) < 4.78 is 47.2. The molecule has 1 rings (SSSR count). The van der Waals surface area contributed by atoms with E-state index in [0.717, 1.165) is 12.1 Å². The molecule has 0 saturated heterocycles. The number of methoxy groups -OCH3 is 1. The van der Waals surface area contributed by atoms with Gasteiger partial charge in [0, 0.05) is 6.61 Å². The molecule has 0 amide bonds. The van der Waals surface area contributed by atoms with Gasteiger partial charge in [-0.2, -0.15) is 13.2 Å². The minimum absolute atomic E-state index is 0.00617. The summed E-state index contributed by atoms with van der Waals surface area (Å²) in [7, 11) is 1.19. The maximum Gasteiger partial charge on any atom is 0.416 e. The fourth-order valence-electron chi connectivity index (χ4n) is 1.55. The highest BCUT2D eigenvalue weighted by molar-refractivity contribution is 5.72. The van der Waals surface area contributed by atoms with Crippen LogP contribution in [0.25, 0.3) is 0 Å². The van der Waals surface area contributed by atoms with E-state index in [0.29, 0.717) is 0 Å². The van der Waals surface area contributed by atoms with Crippen molar-refractivity contribution in [2.75, 3.05) is 20.3 Å². The molecule has 0 bridgehead atoms. The Balaban J connectivity index is 2.71. The quantitative estimate of drug-likeness (QED) is 0.817. The number of hydrogen-bond donors (Lipinski definition) is 1. The highest BCUT2D eigenvalue weighted by Crippen LogP contribution is 2.31. The van der Waals surface area contributed by atoms with Gasteiger partial charge in [0.2, 0.25) is 0 Å². The van der Waals surface area contributed by atoms with Crippen molar-refractivity contribution in [2.24, 2.45) is 5.92 Å². The Morgan fingerprint density at radius 3 is 2.65 bits per heavy atom. The number of benzene rings is 1. The first-order valence-electron chi connectivity index (χ1n) is 5.87. The van der Waals surface area contributed by atoms with Crippen LogP contribution in [0, 0.1) is 5.92 Å². The Bertz CT molecular complexity index is 445. The average Bonchev–Trinajstić information content (AvgIpc) is 2.42. The highest BCUT2D eigenvalue weighted by atomic mass is 19.4. The fraction of sp³-hybridized carbons (Fsp3) is 0.462. The molecule has 0 heterocycles. The lowest BCUT2D eigenvalue weighted by Crippen LogP contribution is -2.24. The Morgan fingerprint density at radius 1 is 1.40 bits per heavy atom. The molecule has 1 aromatic rings.